The minimum atomic E-state index is 0.384. The average Bonchev–Trinajstić information content (AvgIpc) is 3.95. The molecule has 0 saturated heterocycles. The lowest BCUT2D eigenvalue weighted by Crippen LogP contribution is -2.16. The predicted molar refractivity (Wildman–Crippen MR) is 246 cm³/mol. The number of hydrogen-bond donors (Lipinski definition) is 1. The van der Waals surface area contributed by atoms with E-state index in [1.165, 1.54) is 47.7 Å². The summed E-state index contributed by atoms with van der Waals surface area (Å²) in [6.45, 7) is 4.34. The van der Waals surface area contributed by atoms with Gasteiger partial charge in [0.05, 0.1) is 22.4 Å². The fourth-order valence-electron chi connectivity index (χ4n) is 8.21. The first-order valence-electron chi connectivity index (χ1n) is 19.2. The van der Waals surface area contributed by atoms with Gasteiger partial charge in [-0.15, -0.1) is 11.3 Å². The molecule has 0 fully saturated rings. The van der Waals surface area contributed by atoms with Crippen molar-refractivity contribution in [3.8, 4) is 16.8 Å². The van der Waals surface area contributed by atoms with Crippen molar-refractivity contribution in [3.05, 3.63) is 205 Å². The van der Waals surface area contributed by atoms with E-state index < -0.39 is 0 Å². The van der Waals surface area contributed by atoms with Gasteiger partial charge in [-0.3, -0.25) is 0 Å². The highest BCUT2D eigenvalue weighted by Crippen LogP contribution is 2.43. The Morgan fingerprint density at radius 1 is 0.500 bits per heavy atom. The van der Waals surface area contributed by atoms with Crippen molar-refractivity contribution in [3.63, 3.8) is 0 Å². The Kier molecular flexibility index (Phi) is 7.91. The van der Waals surface area contributed by atoms with Crippen molar-refractivity contribution in [2.24, 2.45) is 15.7 Å². The molecule has 0 aliphatic heterocycles. The van der Waals surface area contributed by atoms with Gasteiger partial charge in [0, 0.05) is 58.4 Å². The highest BCUT2D eigenvalue weighted by atomic mass is 32.1. The zero-order chi connectivity index (χ0) is 38.7. The predicted octanol–water partition coefficient (Wildman–Crippen LogP) is 13.5. The number of para-hydroxylation sites is 2. The number of thiophene rings is 1. The maximum Gasteiger partial charge on any atom is 0.162 e. The van der Waals surface area contributed by atoms with E-state index >= 15 is 0 Å². The molecule has 274 valence electrons. The van der Waals surface area contributed by atoms with Gasteiger partial charge in [0.25, 0.3) is 0 Å². The number of fused-ring (bicyclic) bond motifs is 9. The SMILES string of the molecule is C=C(N=C(N=C(N)c1ccccc1)c1ccccc1)c1ccc2c(c1)oc1ccc(-c3ccc4sc5cccc(-n6c7ccccc7c7ccccc76)c5c4c3)cc12. The zero-order valence-corrected chi connectivity index (χ0v) is 32.1. The van der Waals surface area contributed by atoms with Crippen LogP contribution in [0.25, 0.3) is 86.4 Å². The standard InChI is InChI=1S/C52H34N4OS/c1-32(54-52(34-15-6-3-7-16-34)55-51(53)33-13-4-2-5-14-33)35-23-26-40-41-29-36(24-27-46(41)57-47(40)31-35)37-25-28-48-42(30-37)50-45(21-12-22-49(50)58-48)56-43-19-10-8-17-38(43)39-18-9-11-20-44(39)56/h2-31H,1H2,(H2,53,54,55). The zero-order valence-electron chi connectivity index (χ0n) is 31.3. The van der Waals surface area contributed by atoms with Crippen LogP contribution in [-0.4, -0.2) is 16.2 Å². The molecule has 0 unspecified atom stereocenters. The first kappa shape index (κ1) is 33.8. The molecular formula is C52H34N4OS. The summed E-state index contributed by atoms with van der Waals surface area (Å²) in [7, 11) is 0. The molecule has 0 aliphatic carbocycles. The van der Waals surface area contributed by atoms with Crippen LogP contribution in [0.5, 0.6) is 0 Å². The molecule has 0 bridgehead atoms. The van der Waals surface area contributed by atoms with Crippen molar-refractivity contribution in [1.29, 1.82) is 0 Å². The summed E-state index contributed by atoms with van der Waals surface area (Å²) < 4.78 is 11.4. The molecule has 2 N–H and O–H groups in total. The number of nitrogens with two attached hydrogens (primary N) is 1. The summed E-state index contributed by atoms with van der Waals surface area (Å²) in [6.07, 6.45) is 0. The number of aromatic nitrogens is 1. The third-order valence-corrected chi connectivity index (χ3v) is 12.1. The van der Waals surface area contributed by atoms with E-state index in [0.29, 0.717) is 17.4 Å². The van der Waals surface area contributed by atoms with Gasteiger partial charge < -0.3 is 14.7 Å². The molecule has 11 aromatic rings. The van der Waals surface area contributed by atoms with E-state index in [1.54, 1.807) is 0 Å². The number of benzene rings is 8. The highest BCUT2D eigenvalue weighted by molar-refractivity contribution is 7.25. The summed E-state index contributed by atoms with van der Waals surface area (Å²) in [6, 6.07) is 63.1. The number of furan rings is 1. The molecule has 0 aliphatic rings. The second-order valence-corrected chi connectivity index (χ2v) is 15.6. The Morgan fingerprint density at radius 2 is 1.16 bits per heavy atom. The lowest BCUT2D eigenvalue weighted by atomic mass is 10.00. The Morgan fingerprint density at radius 3 is 1.90 bits per heavy atom. The number of nitrogens with zero attached hydrogens (tertiary/aromatic N) is 3. The van der Waals surface area contributed by atoms with E-state index in [4.69, 9.17) is 20.1 Å². The molecule has 58 heavy (non-hydrogen) atoms. The van der Waals surface area contributed by atoms with E-state index in [-0.39, 0.29) is 0 Å². The van der Waals surface area contributed by atoms with Gasteiger partial charge in [0.1, 0.15) is 17.0 Å². The summed E-state index contributed by atoms with van der Waals surface area (Å²) in [5.74, 6) is 0.869. The highest BCUT2D eigenvalue weighted by Gasteiger charge is 2.18. The monoisotopic (exact) mass is 762 g/mol. The molecule has 11 rings (SSSR count). The minimum absolute atomic E-state index is 0.384. The number of hydrogen-bond acceptors (Lipinski definition) is 3. The summed E-state index contributed by atoms with van der Waals surface area (Å²) >= 11 is 1.84. The van der Waals surface area contributed by atoms with Crippen LogP contribution in [0.15, 0.2) is 203 Å². The molecular weight excluding hydrogens is 729 g/mol. The van der Waals surface area contributed by atoms with Gasteiger partial charge in [-0.25, -0.2) is 9.98 Å². The Balaban J connectivity index is 0.983. The normalized spacial score (nSPS) is 12.5. The van der Waals surface area contributed by atoms with Crippen LogP contribution < -0.4 is 5.73 Å². The lowest BCUT2D eigenvalue weighted by Gasteiger charge is -2.10. The van der Waals surface area contributed by atoms with Crippen LogP contribution in [-0.2, 0) is 0 Å². The Labute approximate surface area is 338 Å². The molecule has 5 nitrogen and oxygen atoms in total. The number of aliphatic imine (C=N–C) groups is 2. The van der Waals surface area contributed by atoms with Gasteiger partial charge in [-0.2, -0.15) is 0 Å². The third kappa shape index (κ3) is 5.61. The minimum Gasteiger partial charge on any atom is -0.456 e. The van der Waals surface area contributed by atoms with Crippen LogP contribution in [0.1, 0.15) is 16.7 Å². The summed E-state index contributed by atoms with van der Waals surface area (Å²) in [5.41, 5.74) is 17.0. The molecule has 0 radical (unpaired) electrons. The van der Waals surface area contributed by atoms with E-state index in [1.807, 2.05) is 84.1 Å². The average molecular weight is 763 g/mol. The number of amidine groups is 2. The van der Waals surface area contributed by atoms with Gasteiger partial charge in [-0.1, -0.05) is 128 Å². The van der Waals surface area contributed by atoms with Crippen LogP contribution in [0, 0.1) is 0 Å². The fraction of sp³-hybridized carbons (Fsp3) is 0. The smallest absolute Gasteiger partial charge is 0.162 e. The van der Waals surface area contributed by atoms with E-state index in [0.717, 1.165) is 49.8 Å². The number of rotatable bonds is 6. The largest absolute Gasteiger partial charge is 0.456 e. The molecule has 0 spiro atoms. The van der Waals surface area contributed by atoms with Gasteiger partial charge >= 0.3 is 0 Å². The Hall–Kier alpha value is -7.54. The second kappa shape index (κ2) is 13.6. The second-order valence-electron chi connectivity index (χ2n) is 14.5. The van der Waals surface area contributed by atoms with Crippen molar-refractivity contribution in [1.82, 2.24) is 4.57 Å². The maximum absolute atomic E-state index is 6.45. The fourth-order valence-corrected chi connectivity index (χ4v) is 9.32. The topological polar surface area (TPSA) is 68.8 Å². The van der Waals surface area contributed by atoms with Crippen LogP contribution >= 0.6 is 11.3 Å². The van der Waals surface area contributed by atoms with E-state index in [2.05, 4.69) is 120 Å². The van der Waals surface area contributed by atoms with Gasteiger partial charge in [0.15, 0.2) is 5.84 Å². The van der Waals surface area contributed by atoms with Crippen molar-refractivity contribution in [2.45, 2.75) is 0 Å². The summed E-state index contributed by atoms with van der Waals surface area (Å²) in [4.78, 5) is 9.65. The van der Waals surface area contributed by atoms with Crippen LogP contribution in [0.4, 0.5) is 0 Å². The van der Waals surface area contributed by atoms with Gasteiger partial charge in [-0.05, 0) is 71.8 Å². The molecule has 3 aromatic heterocycles. The molecule has 3 heterocycles. The molecule has 0 atom stereocenters. The van der Waals surface area contributed by atoms with Crippen molar-refractivity contribution < 1.29 is 4.42 Å². The lowest BCUT2D eigenvalue weighted by molar-refractivity contribution is 0.669. The van der Waals surface area contributed by atoms with Crippen molar-refractivity contribution in [2.75, 3.05) is 0 Å². The molecule has 0 amide bonds. The molecule has 0 saturated carbocycles. The first-order valence-corrected chi connectivity index (χ1v) is 20.0. The molecule has 8 aromatic carbocycles. The van der Waals surface area contributed by atoms with Crippen molar-refractivity contribution >= 4 is 92.6 Å². The maximum atomic E-state index is 6.45. The third-order valence-electron chi connectivity index (χ3n) is 11.0. The summed E-state index contributed by atoms with van der Waals surface area (Å²) in [5, 5.41) is 7.12. The van der Waals surface area contributed by atoms with Crippen LogP contribution in [0.2, 0.25) is 0 Å². The first-order chi connectivity index (χ1) is 28.6. The van der Waals surface area contributed by atoms with Gasteiger partial charge in [0.2, 0.25) is 0 Å². The Bertz CT molecular complexity index is 3430. The van der Waals surface area contributed by atoms with Crippen LogP contribution in [0.3, 0.4) is 0 Å². The quantitative estimate of drug-likeness (QED) is 0.135. The molecule has 6 heteroatoms. The van der Waals surface area contributed by atoms with E-state index in [9.17, 15) is 0 Å².